The Kier molecular flexibility index (Phi) is 15.7. The lowest BCUT2D eigenvalue weighted by Crippen LogP contribution is -2.14. The molecular formula is C22H34O8. The fourth-order valence-corrected chi connectivity index (χ4v) is 2.22. The normalized spacial score (nSPS) is 10.1. The topological polar surface area (TPSA) is 105 Å². The summed E-state index contributed by atoms with van der Waals surface area (Å²) in [5.74, 6) is -1.61. The first kappa shape index (κ1) is 27.4. The third-order valence-electron chi connectivity index (χ3n) is 3.87. The van der Waals surface area contributed by atoms with Crippen molar-refractivity contribution in [2.45, 2.75) is 65.2 Å². The average Bonchev–Trinajstić information content (AvgIpc) is 2.69. The number of ether oxygens (including phenoxy) is 4. The number of carbonyl (C=O) groups is 4. The summed E-state index contributed by atoms with van der Waals surface area (Å²) in [4.78, 5) is 45.4. The van der Waals surface area contributed by atoms with Gasteiger partial charge in [0.1, 0.15) is 26.4 Å². The molecule has 0 unspecified atom stereocenters. The van der Waals surface area contributed by atoms with Gasteiger partial charge in [-0.1, -0.05) is 38.8 Å². The predicted molar refractivity (Wildman–Crippen MR) is 110 cm³/mol. The molecule has 0 spiro atoms. The maximum atomic E-state index is 11.5. The standard InChI is InChI=1S/C22H34O8/c1-17(2)21(25)29-15-13-27-19(23)11-9-7-5-6-8-10-12-20(24)28-14-16-30-22(26)18(3)4/h1,3,5-16H2,2,4H3. The van der Waals surface area contributed by atoms with Crippen LogP contribution in [-0.4, -0.2) is 50.3 Å². The summed E-state index contributed by atoms with van der Waals surface area (Å²) < 4.78 is 19.6. The number of unbranched alkanes of at least 4 members (excludes halogenated alkanes) is 5. The number of carbonyl (C=O) groups excluding carboxylic acids is 4. The van der Waals surface area contributed by atoms with Crippen LogP contribution in [-0.2, 0) is 38.1 Å². The average molecular weight is 427 g/mol. The van der Waals surface area contributed by atoms with E-state index in [9.17, 15) is 19.2 Å². The van der Waals surface area contributed by atoms with Crippen molar-refractivity contribution in [1.82, 2.24) is 0 Å². The predicted octanol–water partition coefficient (Wildman–Crippen LogP) is 3.43. The second-order valence-electron chi connectivity index (χ2n) is 6.89. The highest BCUT2D eigenvalue weighted by atomic mass is 16.6. The fraction of sp³-hybridized carbons (Fsp3) is 0.636. The fourth-order valence-electron chi connectivity index (χ4n) is 2.22. The van der Waals surface area contributed by atoms with Crippen molar-refractivity contribution in [1.29, 1.82) is 0 Å². The van der Waals surface area contributed by atoms with Gasteiger partial charge in [0.25, 0.3) is 0 Å². The quantitative estimate of drug-likeness (QED) is 0.151. The molecule has 0 heterocycles. The Bertz CT molecular complexity index is 542. The third-order valence-corrected chi connectivity index (χ3v) is 3.87. The van der Waals surface area contributed by atoms with Crippen LogP contribution in [0, 0.1) is 0 Å². The Labute approximate surface area is 178 Å². The number of rotatable bonds is 17. The number of hydrogen-bond acceptors (Lipinski definition) is 8. The largest absolute Gasteiger partial charge is 0.462 e. The van der Waals surface area contributed by atoms with Crippen LogP contribution < -0.4 is 0 Å². The van der Waals surface area contributed by atoms with Crippen LogP contribution in [0.1, 0.15) is 65.2 Å². The molecule has 0 radical (unpaired) electrons. The Hall–Kier alpha value is -2.64. The molecule has 30 heavy (non-hydrogen) atoms. The zero-order valence-corrected chi connectivity index (χ0v) is 18.2. The van der Waals surface area contributed by atoms with Crippen LogP contribution in [0.3, 0.4) is 0 Å². The van der Waals surface area contributed by atoms with Gasteiger partial charge in [-0.05, 0) is 26.7 Å². The summed E-state index contributed by atoms with van der Waals surface area (Å²) in [6.07, 6.45) is 5.86. The molecule has 0 rings (SSSR count). The van der Waals surface area contributed by atoms with E-state index in [1.807, 2.05) is 0 Å². The van der Waals surface area contributed by atoms with E-state index < -0.39 is 11.9 Å². The van der Waals surface area contributed by atoms with Crippen LogP contribution >= 0.6 is 0 Å². The van der Waals surface area contributed by atoms with E-state index in [1.54, 1.807) is 13.8 Å². The van der Waals surface area contributed by atoms with Crippen molar-refractivity contribution < 1.29 is 38.1 Å². The molecule has 0 saturated carbocycles. The molecule has 0 N–H and O–H groups in total. The lowest BCUT2D eigenvalue weighted by molar-refractivity contribution is -0.150. The summed E-state index contributed by atoms with van der Waals surface area (Å²) in [7, 11) is 0. The van der Waals surface area contributed by atoms with Crippen LogP contribution in [0.15, 0.2) is 24.3 Å². The highest BCUT2D eigenvalue weighted by Gasteiger charge is 2.07. The number of hydrogen-bond donors (Lipinski definition) is 0. The Balaban J connectivity index is 3.44. The van der Waals surface area contributed by atoms with Crippen molar-refractivity contribution in [3.8, 4) is 0 Å². The van der Waals surface area contributed by atoms with E-state index in [2.05, 4.69) is 13.2 Å². The first-order valence-corrected chi connectivity index (χ1v) is 10.2. The molecule has 0 saturated heterocycles. The van der Waals surface area contributed by atoms with E-state index in [4.69, 9.17) is 18.9 Å². The molecule has 8 heteroatoms. The summed E-state index contributed by atoms with van der Waals surface area (Å²) >= 11 is 0. The van der Waals surface area contributed by atoms with E-state index >= 15 is 0 Å². The Morgan fingerprint density at radius 2 is 0.833 bits per heavy atom. The van der Waals surface area contributed by atoms with Crippen LogP contribution in [0.2, 0.25) is 0 Å². The summed E-state index contributed by atoms with van der Waals surface area (Å²) in [5, 5.41) is 0. The van der Waals surface area contributed by atoms with Crippen molar-refractivity contribution >= 4 is 23.9 Å². The molecule has 0 fully saturated rings. The number of esters is 4. The Morgan fingerprint density at radius 3 is 1.17 bits per heavy atom. The molecule has 0 aliphatic heterocycles. The van der Waals surface area contributed by atoms with Gasteiger partial charge in [-0.15, -0.1) is 0 Å². The maximum Gasteiger partial charge on any atom is 0.333 e. The smallest absolute Gasteiger partial charge is 0.333 e. The lowest BCUT2D eigenvalue weighted by Gasteiger charge is -2.07. The first-order valence-electron chi connectivity index (χ1n) is 10.2. The van der Waals surface area contributed by atoms with Gasteiger partial charge in [0.05, 0.1) is 0 Å². The minimum absolute atomic E-state index is 0.0273. The van der Waals surface area contributed by atoms with Gasteiger partial charge in [-0.3, -0.25) is 9.59 Å². The second-order valence-corrected chi connectivity index (χ2v) is 6.89. The highest BCUT2D eigenvalue weighted by molar-refractivity contribution is 5.87. The molecule has 170 valence electrons. The van der Waals surface area contributed by atoms with Gasteiger partial charge >= 0.3 is 23.9 Å². The highest BCUT2D eigenvalue weighted by Crippen LogP contribution is 2.09. The molecule has 0 aromatic heterocycles. The molecular weight excluding hydrogens is 392 g/mol. The molecule has 0 aromatic rings. The summed E-state index contributed by atoms with van der Waals surface area (Å²) in [6.45, 7) is 10.2. The zero-order chi connectivity index (χ0) is 22.8. The van der Waals surface area contributed by atoms with Gasteiger partial charge < -0.3 is 18.9 Å². The van der Waals surface area contributed by atoms with Gasteiger partial charge in [0.15, 0.2) is 0 Å². The molecule has 0 aliphatic rings. The van der Waals surface area contributed by atoms with Crippen molar-refractivity contribution in [3.05, 3.63) is 24.3 Å². The minimum Gasteiger partial charge on any atom is -0.462 e. The monoisotopic (exact) mass is 426 g/mol. The van der Waals surface area contributed by atoms with Crippen molar-refractivity contribution in [2.75, 3.05) is 26.4 Å². The zero-order valence-electron chi connectivity index (χ0n) is 18.2. The Morgan fingerprint density at radius 1 is 0.533 bits per heavy atom. The molecule has 0 amide bonds. The summed E-state index contributed by atoms with van der Waals surface area (Å²) in [5.41, 5.74) is 0.611. The van der Waals surface area contributed by atoms with Crippen LogP contribution in [0.5, 0.6) is 0 Å². The van der Waals surface area contributed by atoms with E-state index in [0.29, 0.717) is 24.0 Å². The van der Waals surface area contributed by atoms with E-state index in [0.717, 1.165) is 38.5 Å². The van der Waals surface area contributed by atoms with Gasteiger partial charge in [-0.2, -0.15) is 0 Å². The minimum atomic E-state index is -0.497. The molecule has 8 nitrogen and oxygen atoms in total. The molecule has 0 aliphatic carbocycles. The lowest BCUT2D eigenvalue weighted by atomic mass is 10.1. The second kappa shape index (κ2) is 17.2. The molecule has 0 aromatic carbocycles. The maximum absolute atomic E-state index is 11.5. The third kappa shape index (κ3) is 16.3. The van der Waals surface area contributed by atoms with Crippen molar-refractivity contribution in [2.24, 2.45) is 0 Å². The SMILES string of the molecule is C=C(C)C(=O)OCCOC(=O)CCCCCCCCC(=O)OCCOC(=O)C(=C)C. The van der Waals surface area contributed by atoms with Gasteiger partial charge in [-0.25, -0.2) is 9.59 Å². The first-order chi connectivity index (χ1) is 14.2. The van der Waals surface area contributed by atoms with Gasteiger partial charge in [0.2, 0.25) is 0 Å². The van der Waals surface area contributed by atoms with E-state index in [-0.39, 0.29) is 38.4 Å². The summed E-state index contributed by atoms with van der Waals surface area (Å²) in [6, 6.07) is 0. The van der Waals surface area contributed by atoms with Gasteiger partial charge in [0, 0.05) is 24.0 Å². The van der Waals surface area contributed by atoms with Crippen LogP contribution in [0.4, 0.5) is 0 Å². The molecule has 0 atom stereocenters. The van der Waals surface area contributed by atoms with Crippen molar-refractivity contribution in [3.63, 3.8) is 0 Å². The molecule has 0 bridgehead atoms. The van der Waals surface area contributed by atoms with Crippen LogP contribution in [0.25, 0.3) is 0 Å². The van der Waals surface area contributed by atoms with E-state index in [1.165, 1.54) is 0 Å².